The Labute approximate surface area is 184 Å². The molecule has 0 saturated heterocycles. The van der Waals surface area contributed by atoms with E-state index in [0.29, 0.717) is 35.4 Å². The van der Waals surface area contributed by atoms with Gasteiger partial charge in [0.15, 0.2) is 11.0 Å². The normalized spacial score (nSPS) is 11.4. The molecule has 9 heteroatoms. The second-order valence-electron chi connectivity index (χ2n) is 7.49. The van der Waals surface area contributed by atoms with Crippen molar-refractivity contribution in [1.29, 1.82) is 0 Å². The summed E-state index contributed by atoms with van der Waals surface area (Å²) in [5.74, 6) is 2.62. The van der Waals surface area contributed by atoms with Crippen LogP contribution >= 0.6 is 11.8 Å². The zero-order valence-corrected chi connectivity index (χ0v) is 18.2. The van der Waals surface area contributed by atoms with Gasteiger partial charge in [0.1, 0.15) is 5.82 Å². The number of rotatable bonds is 9. The number of benzene rings is 1. The van der Waals surface area contributed by atoms with Gasteiger partial charge in [-0.05, 0) is 36.6 Å². The summed E-state index contributed by atoms with van der Waals surface area (Å²) in [5, 5.41) is 13.4. The maximum absolute atomic E-state index is 14.3. The van der Waals surface area contributed by atoms with E-state index in [1.54, 1.807) is 36.3 Å². The summed E-state index contributed by atoms with van der Waals surface area (Å²) in [6.07, 6.45) is 4.91. The topological polar surface area (TPSA) is 82.5 Å². The van der Waals surface area contributed by atoms with E-state index in [1.165, 1.54) is 6.07 Å². The molecule has 0 spiro atoms. The fourth-order valence-corrected chi connectivity index (χ4v) is 4.02. The van der Waals surface area contributed by atoms with Gasteiger partial charge in [0, 0.05) is 36.7 Å². The lowest BCUT2D eigenvalue weighted by Gasteiger charge is -2.12. The molecular weight excluding hydrogens is 415 g/mol. The van der Waals surface area contributed by atoms with Crippen LogP contribution in [0.15, 0.2) is 58.5 Å². The van der Waals surface area contributed by atoms with Crippen LogP contribution in [0.2, 0.25) is 0 Å². The van der Waals surface area contributed by atoms with Crippen LogP contribution in [0.1, 0.15) is 26.2 Å². The van der Waals surface area contributed by atoms with Crippen LogP contribution in [-0.4, -0.2) is 35.6 Å². The van der Waals surface area contributed by atoms with Gasteiger partial charge >= 0.3 is 0 Å². The largest absolute Gasteiger partial charge is 0.339 e. The van der Waals surface area contributed by atoms with Crippen LogP contribution in [0.3, 0.4) is 0 Å². The first-order chi connectivity index (χ1) is 15.1. The van der Waals surface area contributed by atoms with E-state index in [-0.39, 0.29) is 5.82 Å². The molecule has 0 aliphatic rings. The first-order valence-electron chi connectivity index (χ1n) is 10.2. The second-order valence-corrected chi connectivity index (χ2v) is 8.55. The Kier molecular flexibility index (Phi) is 6.71. The minimum atomic E-state index is -0.294. The molecule has 0 unspecified atom stereocenters. The van der Waals surface area contributed by atoms with Crippen molar-refractivity contribution in [2.75, 3.05) is 5.75 Å². The van der Waals surface area contributed by atoms with Gasteiger partial charge in [0.25, 0.3) is 0 Å². The van der Waals surface area contributed by atoms with Gasteiger partial charge in [-0.1, -0.05) is 42.9 Å². The fourth-order valence-electron chi connectivity index (χ4n) is 3.13. The number of aromatic nitrogens is 6. The molecule has 0 amide bonds. The lowest BCUT2D eigenvalue weighted by atomic mass is 10.2. The lowest BCUT2D eigenvalue weighted by molar-refractivity contribution is 0.378. The number of nitrogens with zero attached hydrogens (tertiary/aromatic N) is 6. The SMILES string of the molecule is CC(C)Cn1c(SCCCc2nc(-c3ccncc3)no2)nnc1-c1ccccc1F. The van der Waals surface area contributed by atoms with Crippen molar-refractivity contribution >= 4 is 11.8 Å². The van der Waals surface area contributed by atoms with Crippen molar-refractivity contribution in [1.82, 2.24) is 29.9 Å². The van der Waals surface area contributed by atoms with Crippen molar-refractivity contribution in [3.63, 3.8) is 0 Å². The molecule has 4 aromatic rings. The van der Waals surface area contributed by atoms with E-state index < -0.39 is 0 Å². The highest BCUT2D eigenvalue weighted by Gasteiger charge is 2.18. The second kappa shape index (κ2) is 9.82. The average Bonchev–Trinajstić information content (AvgIpc) is 3.39. The number of thioether (sulfide) groups is 1. The maximum Gasteiger partial charge on any atom is 0.226 e. The third kappa shape index (κ3) is 5.16. The third-order valence-electron chi connectivity index (χ3n) is 4.55. The molecule has 0 N–H and O–H groups in total. The van der Waals surface area contributed by atoms with Crippen molar-refractivity contribution in [3.8, 4) is 22.8 Å². The Morgan fingerprint density at radius 2 is 1.90 bits per heavy atom. The summed E-state index contributed by atoms with van der Waals surface area (Å²) in [7, 11) is 0. The Morgan fingerprint density at radius 3 is 2.68 bits per heavy atom. The molecule has 0 aliphatic carbocycles. The number of pyridine rings is 1. The van der Waals surface area contributed by atoms with Crippen LogP contribution in [0.4, 0.5) is 4.39 Å². The quantitative estimate of drug-likeness (QED) is 0.271. The molecule has 0 saturated carbocycles. The fraction of sp³-hybridized carbons (Fsp3) is 0.318. The highest BCUT2D eigenvalue weighted by atomic mass is 32.2. The predicted octanol–water partition coefficient (Wildman–Crippen LogP) is 4.91. The van der Waals surface area contributed by atoms with E-state index in [2.05, 4.69) is 39.2 Å². The molecule has 160 valence electrons. The van der Waals surface area contributed by atoms with Crippen LogP contribution in [0.5, 0.6) is 0 Å². The van der Waals surface area contributed by atoms with Gasteiger partial charge in [0.2, 0.25) is 11.7 Å². The standard InChI is InChI=1S/C22H23FN6OS/c1-15(2)14-29-21(17-6-3-4-7-18(17)23)26-27-22(29)31-13-5-8-19-25-20(28-30-19)16-9-11-24-12-10-16/h3-4,6-7,9-12,15H,5,8,13-14H2,1-2H3. The van der Waals surface area contributed by atoms with Crippen molar-refractivity contribution in [3.05, 3.63) is 60.5 Å². The smallest absolute Gasteiger partial charge is 0.226 e. The molecule has 3 aromatic heterocycles. The first-order valence-corrected chi connectivity index (χ1v) is 11.1. The molecule has 0 radical (unpaired) electrons. The number of hydrogen-bond acceptors (Lipinski definition) is 7. The highest BCUT2D eigenvalue weighted by molar-refractivity contribution is 7.99. The Hall–Kier alpha value is -3.07. The van der Waals surface area contributed by atoms with Crippen molar-refractivity contribution in [2.45, 2.75) is 38.4 Å². The zero-order chi connectivity index (χ0) is 21.6. The number of halogens is 1. The summed E-state index contributed by atoms with van der Waals surface area (Å²) in [4.78, 5) is 8.44. The first kappa shape index (κ1) is 21.2. The van der Waals surface area contributed by atoms with Gasteiger partial charge < -0.3 is 9.09 Å². The van der Waals surface area contributed by atoms with E-state index in [0.717, 1.165) is 29.4 Å². The number of hydrogen-bond donors (Lipinski definition) is 0. The Bertz CT molecular complexity index is 1130. The van der Waals surface area contributed by atoms with Crippen molar-refractivity contribution < 1.29 is 8.91 Å². The molecule has 1 aromatic carbocycles. The molecule has 3 heterocycles. The maximum atomic E-state index is 14.3. The number of aryl methyl sites for hydroxylation is 1. The molecule has 31 heavy (non-hydrogen) atoms. The Balaban J connectivity index is 1.40. The van der Waals surface area contributed by atoms with Crippen LogP contribution in [-0.2, 0) is 13.0 Å². The molecule has 4 rings (SSSR count). The van der Waals surface area contributed by atoms with E-state index in [4.69, 9.17) is 4.52 Å². The molecule has 7 nitrogen and oxygen atoms in total. The minimum absolute atomic E-state index is 0.294. The monoisotopic (exact) mass is 438 g/mol. The predicted molar refractivity (Wildman–Crippen MR) is 117 cm³/mol. The molecule has 0 fully saturated rings. The highest BCUT2D eigenvalue weighted by Crippen LogP contribution is 2.27. The molecule has 0 bridgehead atoms. The van der Waals surface area contributed by atoms with Crippen LogP contribution in [0.25, 0.3) is 22.8 Å². The summed E-state index contributed by atoms with van der Waals surface area (Å²) < 4.78 is 21.7. The Morgan fingerprint density at radius 1 is 1.10 bits per heavy atom. The van der Waals surface area contributed by atoms with Gasteiger partial charge in [-0.3, -0.25) is 4.98 Å². The van der Waals surface area contributed by atoms with Gasteiger partial charge in [-0.15, -0.1) is 10.2 Å². The summed E-state index contributed by atoms with van der Waals surface area (Å²) in [5.41, 5.74) is 1.35. The van der Waals surface area contributed by atoms with Gasteiger partial charge in [-0.2, -0.15) is 4.98 Å². The average molecular weight is 439 g/mol. The zero-order valence-electron chi connectivity index (χ0n) is 17.4. The van der Waals surface area contributed by atoms with Crippen LogP contribution < -0.4 is 0 Å². The molecular formula is C22H23FN6OS. The minimum Gasteiger partial charge on any atom is -0.339 e. The van der Waals surface area contributed by atoms with Crippen molar-refractivity contribution in [2.24, 2.45) is 5.92 Å². The summed E-state index contributed by atoms with van der Waals surface area (Å²) >= 11 is 1.60. The van der Waals surface area contributed by atoms with E-state index >= 15 is 0 Å². The van der Waals surface area contributed by atoms with Gasteiger partial charge in [0.05, 0.1) is 5.56 Å². The van der Waals surface area contributed by atoms with Crippen LogP contribution in [0, 0.1) is 11.7 Å². The van der Waals surface area contributed by atoms with Gasteiger partial charge in [-0.25, -0.2) is 4.39 Å². The third-order valence-corrected chi connectivity index (χ3v) is 5.61. The summed E-state index contributed by atoms with van der Waals surface area (Å²) in [6.45, 7) is 4.96. The lowest BCUT2D eigenvalue weighted by Crippen LogP contribution is -2.08. The van der Waals surface area contributed by atoms with E-state index in [1.807, 2.05) is 22.8 Å². The summed E-state index contributed by atoms with van der Waals surface area (Å²) in [6, 6.07) is 10.4. The molecule has 0 aliphatic heterocycles. The molecule has 0 atom stereocenters. The van der Waals surface area contributed by atoms with E-state index in [9.17, 15) is 4.39 Å².